The van der Waals surface area contributed by atoms with Gasteiger partial charge in [-0.05, 0) is 48.2 Å². The number of nitrogens with one attached hydrogen (secondary N) is 2. The van der Waals surface area contributed by atoms with Crippen molar-refractivity contribution < 1.29 is 14.3 Å². The van der Waals surface area contributed by atoms with Crippen LogP contribution in [0.25, 0.3) is 0 Å². The summed E-state index contributed by atoms with van der Waals surface area (Å²) in [5.74, 6) is 1.72. The largest absolute Gasteiger partial charge is 0.496 e. The van der Waals surface area contributed by atoms with Crippen molar-refractivity contribution in [1.82, 2.24) is 10.6 Å². The summed E-state index contributed by atoms with van der Waals surface area (Å²) < 4.78 is 10.7. The Labute approximate surface area is 165 Å². The lowest BCUT2D eigenvalue weighted by molar-refractivity contribution is -0.119. The first-order valence-electron chi connectivity index (χ1n) is 9.10. The monoisotopic (exact) mass is 384 g/mol. The second-order valence-electron chi connectivity index (χ2n) is 6.31. The van der Waals surface area contributed by atoms with Crippen LogP contribution in [0.15, 0.2) is 47.5 Å². The molecule has 0 aliphatic carbocycles. The van der Waals surface area contributed by atoms with Crippen LogP contribution < -0.4 is 25.8 Å². The number of rotatable bonds is 9. The maximum absolute atomic E-state index is 10.8. The lowest BCUT2D eigenvalue weighted by atomic mass is 10.1. The zero-order valence-electron chi connectivity index (χ0n) is 16.6. The first kappa shape index (κ1) is 21.1. The van der Waals surface area contributed by atoms with Crippen LogP contribution in [-0.4, -0.2) is 39.2 Å². The molecule has 1 amide bonds. The SMILES string of the molecule is CN=C(NCCc1ccc(C)c(OC)c1)NCc1cccc(OCC(N)=O)c1. The molecule has 2 aromatic carbocycles. The summed E-state index contributed by atoms with van der Waals surface area (Å²) in [5.41, 5.74) is 8.43. The van der Waals surface area contributed by atoms with Crippen LogP contribution in [0, 0.1) is 6.92 Å². The summed E-state index contributed by atoms with van der Waals surface area (Å²) in [6.07, 6.45) is 0.855. The summed E-state index contributed by atoms with van der Waals surface area (Å²) in [6, 6.07) is 13.7. The fraction of sp³-hybridized carbons (Fsp3) is 0.333. The molecule has 0 fully saturated rings. The van der Waals surface area contributed by atoms with Crippen LogP contribution in [0.4, 0.5) is 0 Å². The molecule has 0 atom stereocenters. The van der Waals surface area contributed by atoms with E-state index < -0.39 is 5.91 Å². The van der Waals surface area contributed by atoms with Crippen molar-refractivity contribution in [2.75, 3.05) is 27.3 Å². The zero-order valence-corrected chi connectivity index (χ0v) is 16.6. The molecule has 0 aliphatic rings. The van der Waals surface area contributed by atoms with E-state index in [4.69, 9.17) is 15.2 Å². The van der Waals surface area contributed by atoms with Crippen LogP contribution in [0.5, 0.6) is 11.5 Å². The summed E-state index contributed by atoms with van der Waals surface area (Å²) in [5, 5.41) is 6.56. The second kappa shape index (κ2) is 10.8. The highest BCUT2D eigenvalue weighted by Gasteiger charge is 2.03. The average Bonchev–Trinajstić information content (AvgIpc) is 2.70. The number of aryl methyl sites for hydroxylation is 1. The highest BCUT2D eigenvalue weighted by atomic mass is 16.5. The van der Waals surface area contributed by atoms with Gasteiger partial charge >= 0.3 is 0 Å². The van der Waals surface area contributed by atoms with Crippen molar-refractivity contribution in [2.45, 2.75) is 19.9 Å². The van der Waals surface area contributed by atoms with Gasteiger partial charge in [-0.3, -0.25) is 9.79 Å². The van der Waals surface area contributed by atoms with Crippen LogP contribution in [0.1, 0.15) is 16.7 Å². The van der Waals surface area contributed by atoms with E-state index in [0.29, 0.717) is 18.3 Å². The second-order valence-corrected chi connectivity index (χ2v) is 6.31. The first-order valence-corrected chi connectivity index (χ1v) is 9.10. The average molecular weight is 384 g/mol. The molecule has 4 N–H and O–H groups in total. The maximum Gasteiger partial charge on any atom is 0.255 e. The van der Waals surface area contributed by atoms with Crippen LogP contribution in [0.3, 0.4) is 0 Å². The van der Waals surface area contributed by atoms with E-state index in [-0.39, 0.29) is 6.61 Å². The third-order valence-electron chi connectivity index (χ3n) is 4.14. The van der Waals surface area contributed by atoms with Crippen molar-refractivity contribution in [1.29, 1.82) is 0 Å². The van der Waals surface area contributed by atoms with Gasteiger partial charge in [0.25, 0.3) is 5.91 Å². The lowest BCUT2D eigenvalue weighted by Crippen LogP contribution is -2.37. The Morgan fingerprint density at radius 1 is 1.14 bits per heavy atom. The molecule has 0 saturated carbocycles. The van der Waals surface area contributed by atoms with Gasteiger partial charge < -0.3 is 25.8 Å². The number of aliphatic imine (C=N–C) groups is 1. The van der Waals surface area contributed by atoms with Gasteiger partial charge in [0.15, 0.2) is 12.6 Å². The zero-order chi connectivity index (χ0) is 20.4. The number of carbonyl (C=O) groups excluding carboxylic acids is 1. The summed E-state index contributed by atoms with van der Waals surface area (Å²) >= 11 is 0. The van der Waals surface area contributed by atoms with Gasteiger partial charge in [0.2, 0.25) is 0 Å². The Morgan fingerprint density at radius 2 is 1.96 bits per heavy atom. The third kappa shape index (κ3) is 6.83. The highest BCUT2D eigenvalue weighted by Crippen LogP contribution is 2.19. The van der Waals surface area contributed by atoms with E-state index in [1.165, 1.54) is 5.56 Å². The van der Waals surface area contributed by atoms with E-state index in [1.807, 2.05) is 25.1 Å². The van der Waals surface area contributed by atoms with Gasteiger partial charge in [-0.25, -0.2) is 0 Å². The van der Waals surface area contributed by atoms with Crippen LogP contribution in [-0.2, 0) is 17.8 Å². The lowest BCUT2D eigenvalue weighted by Gasteiger charge is -2.13. The minimum absolute atomic E-state index is 0.135. The molecule has 150 valence electrons. The fourth-order valence-electron chi connectivity index (χ4n) is 2.65. The van der Waals surface area contributed by atoms with Gasteiger partial charge in [0.1, 0.15) is 11.5 Å². The molecule has 2 rings (SSSR count). The molecule has 0 radical (unpaired) electrons. The van der Waals surface area contributed by atoms with Crippen LogP contribution >= 0.6 is 0 Å². The number of hydrogen-bond donors (Lipinski definition) is 3. The molecule has 0 saturated heterocycles. The standard InChI is InChI=1S/C21H28N4O3/c1-15-7-8-16(12-19(15)27-3)9-10-24-21(23-2)25-13-17-5-4-6-18(11-17)28-14-20(22)26/h4-8,11-12H,9-10,13-14H2,1-3H3,(H2,22,26)(H2,23,24,25). The van der Waals surface area contributed by atoms with E-state index >= 15 is 0 Å². The smallest absolute Gasteiger partial charge is 0.255 e. The Bertz CT molecular complexity index is 821. The van der Waals surface area contributed by atoms with Crippen molar-refractivity contribution in [3.8, 4) is 11.5 Å². The summed E-state index contributed by atoms with van der Waals surface area (Å²) in [4.78, 5) is 15.1. The Kier molecular flexibility index (Phi) is 8.14. The first-order chi connectivity index (χ1) is 13.5. The number of methoxy groups -OCH3 is 1. The number of guanidine groups is 1. The molecule has 0 bridgehead atoms. The number of amides is 1. The topological polar surface area (TPSA) is 98.0 Å². The summed E-state index contributed by atoms with van der Waals surface area (Å²) in [7, 11) is 3.42. The van der Waals surface area contributed by atoms with E-state index in [9.17, 15) is 4.79 Å². The van der Waals surface area contributed by atoms with E-state index in [1.54, 1.807) is 20.2 Å². The van der Waals surface area contributed by atoms with Gasteiger partial charge in [0, 0.05) is 20.1 Å². The van der Waals surface area contributed by atoms with Crippen molar-refractivity contribution >= 4 is 11.9 Å². The summed E-state index contributed by atoms with van der Waals surface area (Å²) in [6.45, 7) is 3.21. The Balaban J connectivity index is 1.81. The number of ether oxygens (including phenoxy) is 2. The quantitative estimate of drug-likeness (QED) is 0.452. The number of hydrogen-bond acceptors (Lipinski definition) is 4. The predicted molar refractivity (Wildman–Crippen MR) is 111 cm³/mol. The Morgan fingerprint density at radius 3 is 2.68 bits per heavy atom. The molecule has 28 heavy (non-hydrogen) atoms. The highest BCUT2D eigenvalue weighted by molar-refractivity contribution is 5.79. The van der Waals surface area contributed by atoms with E-state index in [2.05, 4.69) is 33.8 Å². The van der Waals surface area contributed by atoms with Gasteiger partial charge in [-0.15, -0.1) is 0 Å². The number of benzene rings is 2. The molecule has 0 unspecified atom stereocenters. The fourth-order valence-corrected chi connectivity index (χ4v) is 2.65. The molecular weight excluding hydrogens is 356 g/mol. The Hall–Kier alpha value is -3.22. The van der Waals surface area contributed by atoms with Crippen molar-refractivity contribution in [3.63, 3.8) is 0 Å². The van der Waals surface area contributed by atoms with Gasteiger partial charge in [-0.2, -0.15) is 0 Å². The van der Waals surface area contributed by atoms with Gasteiger partial charge in [0.05, 0.1) is 7.11 Å². The molecular formula is C21H28N4O3. The molecule has 0 heterocycles. The maximum atomic E-state index is 10.8. The predicted octanol–water partition coefficient (Wildman–Crippen LogP) is 1.78. The molecule has 2 aromatic rings. The van der Waals surface area contributed by atoms with Crippen molar-refractivity contribution in [3.05, 3.63) is 59.2 Å². The third-order valence-corrected chi connectivity index (χ3v) is 4.14. The van der Waals surface area contributed by atoms with E-state index in [0.717, 1.165) is 29.8 Å². The van der Waals surface area contributed by atoms with Crippen LogP contribution in [0.2, 0.25) is 0 Å². The molecule has 7 nitrogen and oxygen atoms in total. The number of carbonyl (C=O) groups is 1. The normalized spacial score (nSPS) is 11.0. The minimum Gasteiger partial charge on any atom is -0.496 e. The van der Waals surface area contributed by atoms with Gasteiger partial charge in [-0.1, -0.05) is 24.3 Å². The number of nitrogens with two attached hydrogens (primary N) is 1. The molecule has 7 heteroatoms. The number of nitrogens with zero attached hydrogens (tertiary/aromatic N) is 1. The molecule has 0 aliphatic heterocycles. The minimum atomic E-state index is -0.501. The van der Waals surface area contributed by atoms with Crippen molar-refractivity contribution in [2.24, 2.45) is 10.7 Å². The molecule has 0 spiro atoms. The number of primary amides is 1. The molecule has 0 aromatic heterocycles.